The maximum absolute atomic E-state index is 11.9. The minimum atomic E-state index is -0.320. The molecule has 0 saturated carbocycles. The molecule has 4 aromatic carbocycles. The van der Waals surface area contributed by atoms with Crippen molar-refractivity contribution >= 4 is 86.0 Å². The van der Waals surface area contributed by atoms with Crippen molar-refractivity contribution in [2.75, 3.05) is 18.5 Å². The number of benzene rings is 4. The molecule has 0 unspecified atom stereocenters. The molecule has 0 bridgehead atoms. The first kappa shape index (κ1) is 35.3. The van der Waals surface area contributed by atoms with Gasteiger partial charge in [-0.05, 0) is 83.7 Å². The zero-order chi connectivity index (χ0) is 33.9. The van der Waals surface area contributed by atoms with E-state index in [4.69, 9.17) is 55.9 Å². The predicted octanol–water partition coefficient (Wildman–Crippen LogP) is 8.29. The Morgan fingerprint density at radius 2 is 1.35 bits per heavy atom. The SMILES string of the molecule is O=c1[nH]sc(=Nc2ccc(Cl)c(Cl)c2)n1CCOc1ccccc1.O=c1nc(Nc2ccc(Cl)c(Cl)c2)sn1CCOc1ccccc1. The lowest BCUT2D eigenvalue weighted by Crippen LogP contribution is -2.29. The fourth-order valence-corrected chi connectivity index (χ4v) is 6.05. The van der Waals surface area contributed by atoms with Crippen LogP contribution in [0.1, 0.15) is 0 Å². The van der Waals surface area contributed by atoms with Crippen LogP contribution in [-0.2, 0) is 13.1 Å². The number of H-pyrrole nitrogens is 1. The van der Waals surface area contributed by atoms with Gasteiger partial charge in [-0.15, -0.1) is 0 Å². The van der Waals surface area contributed by atoms with Gasteiger partial charge in [0.25, 0.3) is 0 Å². The Balaban J connectivity index is 0.000000188. The van der Waals surface area contributed by atoms with Gasteiger partial charge < -0.3 is 14.8 Å². The highest BCUT2D eigenvalue weighted by atomic mass is 35.5. The molecular formula is C32H26Cl4N6O4S2. The summed E-state index contributed by atoms with van der Waals surface area (Å²) >= 11 is 26.1. The number of nitrogens with zero attached hydrogens (tertiary/aromatic N) is 4. The second-order valence-electron chi connectivity index (χ2n) is 9.62. The highest BCUT2D eigenvalue weighted by molar-refractivity contribution is 7.10. The van der Waals surface area contributed by atoms with Crippen molar-refractivity contribution in [2.24, 2.45) is 4.99 Å². The van der Waals surface area contributed by atoms with E-state index in [2.05, 4.69) is 19.7 Å². The van der Waals surface area contributed by atoms with Crippen molar-refractivity contribution < 1.29 is 9.47 Å². The minimum absolute atomic E-state index is 0.226. The molecule has 0 saturated heterocycles. The molecule has 16 heteroatoms. The number of aromatic amines is 1. The van der Waals surface area contributed by atoms with E-state index in [1.54, 1.807) is 36.4 Å². The molecule has 0 aliphatic carbocycles. The number of halogens is 4. The Labute approximate surface area is 302 Å². The van der Waals surface area contributed by atoms with E-state index in [-0.39, 0.29) is 11.4 Å². The molecule has 10 nitrogen and oxygen atoms in total. The van der Waals surface area contributed by atoms with Crippen molar-refractivity contribution in [1.82, 2.24) is 17.9 Å². The van der Waals surface area contributed by atoms with Crippen molar-refractivity contribution in [3.8, 4) is 11.5 Å². The fraction of sp³-hybridized carbons (Fsp3) is 0.125. The fourth-order valence-electron chi connectivity index (χ4n) is 3.96. The summed E-state index contributed by atoms with van der Waals surface area (Å²) in [7, 11) is 0. The Morgan fingerprint density at radius 1 is 0.750 bits per heavy atom. The Hall–Kier alpha value is -4.04. The quantitative estimate of drug-likeness (QED) is 0.137. The Bertz CT molecular complexity index is 2130. The van der Waals surface area contributed by atoms with E-state index >= 15 is 0 Å². The summed E-state index contributed by atoms with van der Waals surface area (Å²) in [6, 6.07) is 29.1. The molecule has 0 aliphatic heterocycles. The average molecular weight is 765 g/mol. The molecule has 48 heavy (non-hydrogen) atoms. The summed E-state index contributed by atoms with van der Waals surface area (Å²) < 4.78 is 16.9. The molecular weight excluding hydrogens is 738 g/mol. The van der Waals surface area contributed by atoms with Gasteiger partial charge in [0.2, 0.25) is 9.93 Å². The van der Waals surface area contributed by atoms with Crippen LogP contribution in [-0.4, -0.2) is 31.1 Å². The van der Waals surface area contributed by atoms with Crippen LogP contribution in [0, 0.1) is 0 Å². The van der Waals surface area contributed by atoms with E-state index in [1.807, 2.05) is 60.7 Å². The monoisotopic (exact) mass is 762 g/mol. The van der Waals surface area contributed by atoms with E-state index in [0.29, 0.717) is 67.7 Å². The van der Waals surface area contributed by atoms with Crippen LogP contribution in [0.4, 0.5) is 16.5 Å². The zero-order valence-electron chi connectivity index (χ0n) is 24.8. The third-order valence-corrected chi connectivity index (χ3v) is 9.42. The third-order valence-electron chi connectivity index (χ3n) is 6.24. The molecule has 2 heterocycles. The number of ether oxygens (including phenoxy) is 2. The van der Waals surface area contributed by atoms with Gasteiger partial charge in [-0.25, -0.2) is 18.5 Å². The molecule has 6 aromatic rings. The second-order valence-corrected chi connectivity index (χ2v) is 13.0. The number of para-hydroxylation sites is 2. The van der Waals surface area contributed by atoms with Gasteiger partial charge in [-0.3, -0.25) is 8.94 Å². The van der Waals surface area contributed by atoms with Crippen LogP contribution < -0.4 is 31.0 Å². The van der Waals surface area contributed by atoms with Gasteiger partial charge in [0.1, 0.15) is 24.7 Å². The van der Waals surface area contributed by atoms with Crippen LogP contribution in [0.5, 0.6) is 11.5 Å². The number of nitrogens with one attached hydrogen (secondary N) is 2. The molecule has 2 N–H and O–H groups in total. The first-order chi connectivity index (χ1) is 23.2. The summed E-state index contributed by atoms with van der Waals surface area (Å²) in [4.78, 5) is 32.8. The number of rotatable bonds is 11. The second kappa shape index (κ2) is 17.4. The maximum atomic E-state index is 11.9. The normalized spacial score (nSPS) is 11.1. The molecule has 248 valence electrons. The van der Waals surface area contributed by atoms with Crippen LogP contribution in [0.25, 0.3) is 0 Å². The van der Waals surface area contributed by atoms with E-state index in [0.717, 1.165) is 23.0 Å². The highest BCUT2D eigenvalue weighted by Gasteiger charge is 2.08. The Kier molecular flexibility index (Phi) is 12.8. The van der Waals surface area contributed by atoms with Gasteiger partial charge in [-0.2, -0.15) is 4.98 Å². The summed E-state index contributed by atoms with van der Waals surface area (Å²) in [5.41, 5.74) is 0.790. The molecule has 0 fully saturated rings. The van der Waals surface area contributed by atoms with Crippen molar-refractivity contribution in [3.05, 3.63) is 143 Å². The van der Waals surface area contributed by atoms with Gasteiger partial charge >= 0.3 is 11.4 Å². The van der Waals surface area contributed by atoms with Crippen molar-refractivity contribution in [3.63, 3.8) is 0 Å². The number of hydrogen-bond acceptors (Lipinski definition) is 9. The molecule has 0 spiro atoms. The number of hydrogen-bond donors (Lipinski definition) is 2. The summed E-state index contributed by atoms with van der Waals surface area (Å²) in [5.74, 6) is 1.52. The van der Waals surface area contributed by atoms with Crippen LogP contribution >= 0.6 is 69.5 Å². The maximum Gasteiger partial charge on any atom is 0.359 e. The molecule has 0 radical (unpaired) electrons. The van der Waals surface area contributed by atoms with Crippen LogP contribution in [0.2, 0.25) is 20.1 Å². The first-order valence-electron chi connectivity index (χ1n) is 14.2. The highest BCUT2D eigenvalue weighted by Crippen LogP contribution is 2.28. The first-order valence-corrected chi connectivity index (χ1v) is 17.3. The van der Waals surface area contributed by atoms with Gasteiger partial charge in [0.15, 0.2) is 0 Å². The van der Waals surface area contributed by atoms with Crippen LogP contribution in [0.15, 0.2) is 112 Å². The van der Waals surface area contributed by atoms with Crippen LogP contribution in [0.3, 0.4) is 0 Å². The summed E-state index contributed by atoms with van der Waals surface area (Å²) in [5, 5.41) is 5.31. The van der Waals surface area contributed by atoms with Crippen molar-refractivity contribution in [2.45, 2.75) is 13.1 Å². The molecule has 6 rings (SSSR count). The Morgan fingerprint density at radius 3 is 1.98 bits per heavy atom. The lowest BCUT2D eigenvalue weighted by molar-refractivity contribution is 0.294. The molecule has 0 aliphatic rings. The molecule has 0 atom stereocenters. The average Bonchev–Trinajstić information content (AvgIpc) is 3.61. The van der Waals surface area contributed by atoms with E-state index in [1.165, 1.54) is 20.1 Å². The van der Waals surface area contributed by atoms with Gasteiger partial charge in [0, 0.05) is 5.69 Å². The smallest absolute Gasteiger partial charge is 0.359 e. The van der Waals surface area contributed by atoms with E-state index < -0.39 is 0 Å². The number of anilines is 2. The largest absolute Gasteiger partial charge is 0.492 e. The standard InChI is InChI=1S/2C16H13Cl2N3O2S/c17-13-7-6-11(10-14(13)18)19-16-21(15(22)20-24-16)8-9-23-12-4-2-1-3-5-12;17-13-7-6-11(10-14(13)18)19-15-20-16(22)21(24-15)8-9-23-12-4-2-1-3-5-12/h1-7,10H,8-9H2,(H,20,22);1-7,10H,8-9H2,(H,19,20,22). The number of aromatic nitrogens is 4. The minimum Gasteiger partial charge on any atom is -0.492 e. The topological polar surface area (TPSA) is 116 Å². The zero-order valence-corrected chi connectivity index (χ0v) is 29.5. The van der Waals surface area contributed by atoms with E-state index in [9.17, 15) is 9.59 Å². The summed E-state index contributed by atoms with van der Waals surface area (Å²) in [6.07, 6.45) is 0. The molecule has 0 amide bonds. The lowest BCUT2D eigenvalue weighted by atomic mass is 10.3. The van der Waals surface area contributed by atoms with Gasteiger partial charge in [-0.1, -0.05) is 82.8 Å². The van der Waals surface area contributed by atoms with Gasteiger partial charge in [0.05, 0.1) is 38.9 Å². The predicted molar refractivity (Wildman–Crippen MR) is 195 cm³/mol. The third kappa shape index (κ3) is 10.2. The van der Waals surface area contributed by atoms with Crippen molar-refractivity contribution in [1.29, 1.82) is 0 Å². The lowest BCUT2D eigenvalue weighted by Gasteiger charge is -2.05. The summed E-state index contributed by atoms with van der Waals surface area (Å²) in [6.45, 7) is 1.55. The molecule has 2 aromatic heterocycles.